The number of thioether (sulfide) groups is 1. The zero-order chi connectivity index (χ0) is 29.0. The van der Waals surface area contributed by atoms with Crippen LogP contribution >= 0.6 is 11.8 Å². The smallest absolute Gasteiger partial charge is 0.345 e. The van der Waals surface area contributed by atoms with E-state index in [0.29, 0.717) is 46.0 Å². The van der Waals surface area contributed by atoms with Gasteiger partial charge in [0.25, 0.3) is 11.4 Å². The summed E-state index contributed by atoms with van der Waals surface area (Å²) in [6, 6.07) is 21.6. The van der Waals surface area contributed by atoms with Gasteiger partial charge in [-0.1, -0.05) is 54.2 Å². The van der Waals surface area contributed by atoms with Crippen molar-refractivity contribution in [2.45, 2.75) is 18.9 Å². The molecule has 1 aromatic heterocycles. The number of aliphatic imine (C=N–C) groups is 1. The van der Waals surface area contributed by atoms with Crippen molar-refractivity contribution in [3.63, 3.8) is 0 Å². The minimum atomic E-state index is -0.489. The van der Waals surface area contributed by atoms with Crippen molar-refractivity contribution in [2.75, 3.05) is 0 Å². The number of hydrogen-bond donors (Lipinski definition) is 0. The van der Waals surface area contributed by atoms with E-state index in [0.717, 1.165) is 22.2 Å². The highest BCUT2D eigenvalue weighted by atomic mass is 32.2. The van der Waals surface area contributed by atoms with Gasteiger partial charge in [0.1, 0.15) is 5.58 Å². The topological polar surface area (TPSA) is 132 Å². The molecular weight excluding hydrogens is 556 g/mol. The Balaban J connectivity index is 1.38. The SMILES string of the molecule is O=c1oc2ccccc2cc1C1=CSC2=NC3=C(CC/C3=C\c3cccc([N+](=O)[O-])c3)C(c3cccc([N+](=O)[O-])c3)N12. The predicted molar refractivity (Wildman–Crippen MR) is 160 cm³/mol. The average molecular weight is 577 g/mol. The van der Waals surface area contributed by atoms with Gasteiger partial charge in [0.2, 0.25) is 0 Å². The molecule has 0 N–H and O–H groups in total. The van der Waals surface area contributed by atoms with Crippen molar-refractivity contribution in [3.8, 4) is 0 Å². The number of fused-ring (bicyclic) bond motifs is 2. The maximum atomic E-state index is 13.2. The molecule has 0 amide bonds. The zero-order valence-electron chi connectivity index (χ0n) is 21.8. The Hall–Kier alpha value is -5.29. The van der Waals surface area contributed by atoms with E-state index < -0.39 is 21.5 Å². The summed E-state index contributed by atoms with van der Waals surface area (Å²) in [4.78, 5) is 42.3. The van der Waals surface area contributed by atoms with E-state index in [1.165, 1.54) is 30.0 Å². The summed E-state index contributed by atoms with van der Waals surface area (Å²) >= 11 is 1.36. The van der Waals surface area contributed by atoms with Crippen LogP contribution < -0.4 is 5.63 Å². The molecule has 0 radical (unpaired) electrons. The highest BCUT2D eigenvalue weighted by molar-refractivity contribution is 8.16. The monoisotopic (exact) mass is 576 g/mol. The molecule has 206 valence electrons. The van der Waals surface area contributed by atoms with Crippen molar-refractivity contribution in [1.29, 1.82) is 0 Å². The first-order valence-electron chi connectivity index (χ1n) is 13.1. The Labute approximate surface area is 242 Å². The van der Waals surface area contributed by atoms with Crippen molar-refractivity contribution in [2.24, 2.45) is 4.99 Å². The summed E-state index contributed by atoms with van der Waals surface area (Å²) in [6.45, 7) is 0. The van der Waals surface area contributed by atoms with Crippen LogP contribution in [0.5, 0.6) is 0 Å². The molecule has 3 aliphatic rings. The van der Waals surface area contributed by atoms with Crippen molar-refractivity contribution in [3.05, 3.63) is 148 Å². The second-order valence-corrected chi connectivity index (χ2v) is 10.9. The molecule has 11 heteroatoms. The molecule has 0 fully saturated rings. The number of nitro benzene ring substituents is 2. The molecule has 0 bridgehead atoms. The van der Waals surface area contributed by atoms with E-state index in [2.05, 4.69) is 0 Å². The minimum absolute atomic E-state index is 0.00145. The van der Waals surface area contributed by atoms with Crippen LogP contribution in [0.25, 0.3) is 22.7 Å². The first kappa shape index (κ1) is 25.7. The number of nitrogens with zero attached hydrogens (tertiary/aromatic N) is 4. The third-order valence-corrected chi connectivity index (χ3v) is 8.39. The fourth-order valence-electron chi connectivity index (χ4n) is 5.69. The molecule has 0 saturated carbocycles. The molecule has 7 rings (SSSR count). The van der Waals surface area contributed by atoms with Gasteiger partial charge in [0, 0.05) is 35.1 Å². The summed E-state index contributed by atoms with van der Waals surface area (Å²) in [5.74, 6) is 0. The molecule has 0 spiro atoms. The number of nitro groups is 2. The molecule has 10 nitrogen and oxygen atoms in total. The highest BCUT2D eigenvalue weighted by Gasteiger charge is 2.42. The van der Waals surface area contributed by atoms with Gasteiger partial charge in [-0.15, -0.1) is 0 Å². The number of amidine groups is 1. The Morgan fingerprint density at radius 1 is 0.929 bits per heavy atom. The van der Waals surface area contributed by atoms with Gasteiger partial charge in [-0.05, 0) is 53.3 Å². The maximum absolute atomic E-state index is 13.2. The van der Waals surface area contributed by atoms with Gasteiger partial charge < -0.3 is 9.32 Å². The number of hydrogen-bond acceptors (Lipinski definition) is 9. The third kappa shape index (κ3) is 4.31. The summed E-state index contributed by atoms with van der Waals surface area (Å²) < 4.78 is 5.64. The zero-order valence-corrected chi connectivity index (χ0v) is 22.6. The normalized spacial score (nSPS) is 18.6. The quantitative estimate of drug-likeness (QED) is 0.138. The fraction of sp³-hybridized carbons (Fsp3) is 0.0968. The molecule has 1 aliphatic carbocycles. The van der Waals surface area contributed by atoms with Crippen LogP contribution in [0, 0.1) is 20.2 Å². The summed E-state index contributed by atoms with van der Waals surface area (Å²) in [5.41, 5.74) is 4.96. The van der Waals surface area contributed by atoms with E-state index in [9.17, 15) is 25.0 Å². The third-order valence-electron chi connectivity index (χ3n) is 7.55. The molecule has 2 aliphatic heterocycles. The van der Waals surface area contributed by atoms with Crippen molar-refractivity contribution < 1.29 is 14.3 Å². The van der Waals surface area contributed by atoms with Crippen molar-refractivity contribution in [1.82, 2.24) is 4.90 Å². The fourth-order valence-corrected chi connectivity index (χ4v) is 6.61. The molecule has 3 heterocycles. The molecule has 1 unspecified atom stereocenters. The minimum Gasteiger partial charge on any atom is -0.422 e. The molecule has 42 heavy (non-hydrogen) atoms. The van der Waals surface area contributed by atoms with Crippen molar-refractivity contribution >= 4 is 51.0 Å². The van der Waals surface area contributed by atoms with E-state index in [-0.39, 0.29) is 11.4 Å². The summed E-state index contributed by atoms with van der Waals surface area (Å²) in [7, 11) is 0. The Bertz CT molecular complexity index is 2030. The van der Waals surface area contributed by atoms with Crippen LogP contribution in [0.2, 0.25) is 0 Å². The first-order chi connectivity index (χ1) is 20.4. The van der Waals surface area contributed by atoms with Gasteiger partial charge in [0.05, 0.1) is 32.8 Å². The number of rotatable bonds is 5. The lowest BCUT2D eigenvalue weighted by Crippen LogP contribution is -2.34. The second-order valence-electron chi connectivity index (χ2n) is 10.0. The molecular formula is C31H20N4O6S. The lowest BCUT2D eigenvalue weighted by Gasteiger charge is -2.36. The van der Waals surface area contributed by atoms with E-state index in [1.54, 1.807) is 36.4 Å². The van der Waals surface area contributed by atoms with Crippen LogP contribution in [0.3, 0.4) is 0 Å². The van der Waals surface area contributed by atoms with Gasteiger partial charge in [0.15, 0.2) is 5.17 Å². The van der Waals surface area contributed by atoms with Gasteiger partial charge in [-0.2, -0.15) is 0 Å². The highest BCUT2D eigenvalue weighted by Crippen LogP contribution is 2.52. The number of allylic oxidation sites excluding steroid dienone is 1. The average Bonchev–Trinajstić information content (AvgIpc) is 3.60. The first-order valence-corrected chi connectivity index (χ1v) is 14.0. The summed E-state index contributed by atoms with van der Waals surface area (Å²) in [5, 5.41) is 26.3. The molecule has 0 saturated heterocycles. The van der Waals surface area contributed by atoms with Crippen LogP contribution in [0.4, 0.5) is 11.4 Å². The lowest BCUT2D eigenvalue weighted by molar-refractivity contribution is -0.385. The number of para-hydroxylation sites is 1. The Morgan fingerprint density at radius 3 is 2.50 bits per heavy atom. The number of non-ortho nitro benzene ring substituents is 2. The van der Waals surface area contributed by atoms with Gasteiger partial charge in [-0.3, -0.25) is 20.2 Å². The second kappa shape index (κ2) is 9.96. The lowest BCUT2D eigenvalue weighted by atomic mass is 9.93. The number of benzene rings is 3. The van der Waals surface area contributed by atoms with Crippen LogP contribution in [0.15, 0.2) is 115 Å². The van der Waals surface area contributed by atoms with Crippen LogP contribution in [-0.4, -0.2) is 19.9 Å². The van der Waals surface area contributed by atoms with Gasteiger partial charge in [-0.25, -0.2) is 9.79 Å². The van der Waals surface area contributed by atoms with Gasteiger partial charge >= 0.3 is 5.63 Å². The molecule has 3 aromatic carbocycles. The Morgan fingerprint density at radius 2 is 1.69 bits per heavy atom. The summed E-state index contributed by atoms with van der Waals surface area (Å²) in [6.07, 6.45) is 3.18. The largest absolute Gasteiger partial charge is 0.422 e. The molecule has 4 aromatic rings. The predicted octanol–water partition coefficient (Wildman–Crippen LogP) is 7.20. The standard InChI is InChI=1S/C31H20N4O6S/c36-30-25(16-19-6-1-2-10-27(19)41-30)26-17-42-31-32-28-20(13-18-5-3-8-22(14-18)34(37)38)11-12-24(28)29(33(26)31)21-7-4-9-23(15-21)35(39)40/h1-10,13-17,29H,11-12H2/b20-13+. The Kier molecular flexibility index (Phi) is 6.09. The molecule has 1 atom stereocenters. The van der Waals surface area contributed by atoms with Crippen LogP contribution in [-0.2, 0) is 0 Å². The van der Waals surface area contributed by atoms with Crippen LogP contribution in [0.1, 0.15) is 35.6 Å². The van der Waals surface area contributed by atoms with E-state index in [4.69, 9.17) is 9.41 Å². The van der Waals surface area contributed by atoms with E-state index in [1.807, 2.05) is 40.6 Å². The maximum Gasteiger partial charge on any atom is 0.345 e. The van der Waals surface area contributed by atoms with E-state index >= 15 is 0 Å².